The van der Waals surface area contributed by atoms with Crippen molar-refractivity contribution in [2.24, 2.45) is 0 Å². The molecule has 15 heavy (non-hydrogen) atoms. The Hall–Kier alpha value is -1.43. The van der Waals surface area contributed by atoms with Gasteiger partial charge in [0, 0.05) is 13.5 Å². The first-order valence-electron chi connectivity index (χ1n) is 4.77. The van der Waals surface area contributed by atoms with Crippen molar-refractivity contribution in [3.05, 3.63) is 11.9 Å². The van der Waals surface area contributed by atoms with E-state index in [-0.39, 0.29) is 5.91 Å². The van der Waals surface area contributed by atoms with Gasteiger partial charge >= 0.3 is 0 Å². The van der Waals surface area contributed by atoms with Gasteiger partial charge in [-0.1, -0.05) is 5.21 Å². The highest BCUT2D eigenvalue weighted by molar-refractivity contribution is 5.72. The Kier molecular flexibility index (Phi) is 3.41. The Morgan fingerprint density at radius 1 is 1.67 bits per heavy atom. The van der Waals surface area contributed by atoms with E-state index >= 15 is 0 Å². The van der Waals surface area contributed by atoms with Gasteiger partial charge in [0.25, 0.3) is 0 Å². The molecule has 1 amide bonds. The fourth-order valence-corrected chi connectivity index (χ4v) is 1.03. The van der Waals surface area contributed by atoms with E-state index in [1.54, 1.807) is 24.7 Å². The maximum atomic E-state index is 10.6. The minimum Gasteiger partial charge on any atom is -0.384 e. The van der Waals surface area contributed by atoms with Crippen LogP contribution in [0.5, 0.6) is 0 Å². The highest BCUT2D eigenvalue weighted by atomic mass is 16.3. The molecule has 0 saturated carbocycles. The summed E-state index contributed by atoms with van der Waals surface area (Å²) in [7, 11) is 0. The van der Waals surface area contributed by atoms with Crippen LogP contribution in [0.3, 0.4) is 0 Å². The molecular formula is C9H16N4O2. The van der Waals surface area contributed by atoms with Crippen LogP contribution in [0.15, 0.2) is 6.20 Å². The summed E-state index contributed by atoms with van der Waals surface area (Å²) in [6.07, 6.45) is 1.67. The summed E-state index contributed by atoms with van der Waals surface area (Å²) >= 11 is 0. The lowest BCUT2D eigenvalue weighted by Crippen LogP contribution is -2.24. The van der Waals surface area contributed by atoms with Crippen LogP contribution in [0, 0.1) is 0 Å². The molecule has 6 nitrogen and oxygen atoms in total. The van der Waals surface area contributed by atoms with Crippen molar-refractivity contribution in [1.29, 1.82) is 0 Å². The Morgan fingerprint density at radius 2 is 2.33 bits per heavy atom. The van der Waals surface area contributed by atoms with Crippen molar-refractivity contribution in [1.82, 2.24) is 20.3 Å². The van der Waals surface area contributed by atoms with Gasteiger partial charge in [-0.15, -0.1) is 5.10 Å². The predicted octanol–water partition coefficient (Wildman–Crippen LogP) is -0.358. The van der Waals surface area contributed by atoms with E-state index in [4.69, 9.17) is 0 Å². The topological polar surface area (TPSA) is 80.0 Å². The molecule has 0 atom stereocenters. The summed E-state index contributed by atoms with van der Waals surface area (Å²) in [6, 6.07) is 0. The van der Waals surface area contributed by atoms with E-state index in [1.165, 1.54) is 6.92 Å². The molecule has 0 spiro atoms. The van der Waals surface area contributed by atoms with Gasteiger partial charge in [0.15, 0.2) is 0 Å². The Balaban J connectivity index is 2.50. The molecule has 0 aliphatic heterocycles. The monoisotopic (exact) mass is 212 g/mol. The molecular weight excluding hydrogens is 196 g/mol. The molecule has 1 rings (SSSR count). The third-order valence-electron chi connectivity index (χ3n) is 1.88. The van der Waals surface area contributed by atoms with Crippen molar-refractivity contribution in [2.45, 2.75) is 32.9 Å². The first kappa shape index (κ1) is 11.6. The number of amides is 1. The molecule has 6 heteroatoms. The average molecular weight is 212 g/mol. The number of rotatable bonds is 4. The molecule has 0 radical (unpaired) electrons. The van der Waals surface area contributed by atoms with Crippen molar-refractivity contribution >= 4 is 5.91 Å². The standard InChI is InChI=1S/C9H16N4O2/c1-7(14)10-4-5-13-6-8(11-12-13)9(2,3)15/h6,15H,4-5H2,1-3H3,(H,10,14). The van der Waals surface area contributed by atoms with Gasteiger partial charge in [-0.2, -0.15) is 0 Å². The highest BCUT2D eigenvalue weighted by Gasteiger charge is 2.19. The second-order valence-electron chi connectivity index (χ2n) is 3.91. The fraction of sp³-hybridized carbons (Fsp3) is 0.667. The number of carbonyl (C=O) groups excluding carboxylic acids is 1. The number of carbonyl (C=O) groups is 1. The van der Waals surface area contributed by atoms with Crippen LogP contribution in [0.4, 0.5) is 0 Å². The maximum Gasteiger partial charge on any atom is 0.216 e. The van der Waals surface area contributed by atoms with Crippen LogP contribution < -0.4 is 5.32 Å². The van der Waals surface area contributed by atoms with Crippen LogP contribution >= 0.6 is 0 Å². The molecule has 0 bridgehead atoms. The third kappa shape index (κ3) is 3.67. The summed E-state index contributed by atoms with van der Waals surface area (Å²) in [4.78, 5) is 10.6. The normalized spacial score (nSPS) is 11.5. The first-order chi connectivity index (χ1) is 6.89. The number of nitrogens with zero attached hydrogens (tertiary/aromatic N) is 3. The molecule has 1 aromatic heterocycles. The van der Waals surface area contributed by atoms with Crippen LogP contribution in [0.2, 0.25) is 0 Å². The van der Waals surface area contributed by atoms with Gasteiger partial charge in [-0.25, -0.2) is 0 Å². The molecule has 84 valence electrons. The summed E-state index contributed by atoms with van der Waals surface area (Å²) in [5.41, 5.74) is -0.461. The third-order valence-corrected chi connectivity index (χ3v) is 1.88. The summed E-state index contributed by atoms with van der Waals surface area (Å²) in [5, 5.41) is 20.0. The van der Waals surface area contributed by atoms with E-state index in [1.807, 2.05) is 0 Å². The summed E-state index contributed by atoms with van der Waals surface area (Å²) in [6.45, 7) is 5.81. The van der Waals surface area contributed by atoms with Gasteiger partial charge in [-0.05, 0) is 13.8 Å². The van der Waals surface area contributed by atoms with E-state index in [0.29, 0.717) is 18.8 Å². The zero-order valence-electron chi connectivity index (χ0n) is 9.19. The second-order valence-corrected chi connectivity index (χ2v) is 3.91. The fourth-order valence-electron chi connectivity index (χ4n) is 1.03. The minimum absolute atomic E-state index is 0.0715. The van der Waals surface area contributed by atoms with Gasteiger partial charge in [0.05, 0.1) is 12.7 Å². The van der Waals surface area contributed by atoms with E-state index in [0.717, 1.165) is 0 Å². The van der Waals surface area contributed by atoms with Crippen molar-refractivity contribution in [3.8, 4) is 0 Å². The molecule has 0 aliphatic carbocycles. The van der Waals surface area contributed by atoms with Crippen LogP contribution in [0.1, 0.15) is 26.5 Å². The number of hydrogen-bond donors (Lipinski definition) is 2. The van der Waals surface area contributed by atoms with E-state index < -0.39 is 5.60 Å². The zero-order valence-corrected chi connectivity index (χ0v) is 9.19. The molecule has 2 N–H and O–H groups in total. The molecule has 0 unspecified atom stereocenters. The predicted molar refractivity (Wildman–Crippen MR) is 54.0 cm³/mol. The molecule has 0 aromatic carbocycles. The van der Waals surface area contributed by atoms with Crippen molar-refractivity contribution in [3.63, 3.8) is 0 Å². The second kappa shape index (κ2) is 4.39. The lowest BCUT2D eigenvalue weighted by atomic mass is 10.1. The van der Waals surface area contributed by atoms with Gasteiger partial charge < -0.3 is 10.4 Å². The number of hydrogen-bond acceptors (Lipinski definition) is 4. The van der Waals surface area contributed by atoms with Crippen LogP contribution in [0.25, 0.3) is 0 Å². The van der Waals surface area contributed by atoms with Crippen molar-refractivity contribution in [2.75, 3.05) is 6.54 Å². The van der Waals surface area contributed by atoms with E-state index in [9.17, 15) is 9.90 Å². The number of aliphatic hydroxyl groups is 1. The molecule has 0 fully saturated rings. The minimum atomic E-state index is -0.980. The smallest absolute Gasteiger partial charge is 0.216 e. The Bertz CT molecular complexity index is 340. The van der Waals surface area contributed by atoms with Gasteiger partial charge in [0.1, 0.15) is 11.3 Å². The largest absolute Gasteiger partial charge is 0.384 e. The lowest BCUT2D eigenvalue weighted by molar-refractivity contribution is -0.118. The zero-order chi connectivity index (χ0) is 11.5. The van der Waals surface area contributed by atoms with E-state index in [2.05, 4.69) is 15.6 Å². The van der Waals surface area contributed by atoms with Gasteiger partial charge in [-0.3, -0.25) is 9.48 Å². The van der Waals surface area contributed by atoms with Crippen LogP contribution in [-0.4, -0.2) is 32.6 Å². The summed E-state index contributed by atoms with van der Waals surface area (Å²) < 4.78 is 1.59. The van der Waals surface area contributed by atoms with Crippen LogP contribution in [-0.2, 0) is 16.9 Å². The molecule has 1 aromatic rings. The first-order valence-corrected chi connectivity index (χ1v) is 4.77. The highest BCUT2D eigenvalue weighted by Crippen LogP contribution is 2.15. The molecule has 1 heterocycles. The number of aromatic nitrogens is 3. The Morgan fingerprint density at radius 3 is 2.80 bits per heavy atom. The lowest BCUT2D eigenvalue weighted by Gasteiger charge is -2.11. The maximum absolute atomic E-state index is 10.6. The summed E-state index contributed by atoms with van der Waals surface area (Å²) in [5.74, 6) is -0.0715. The quantitative estimate of drug-likeness (QED) is 0.714. The molecule has 0 saturated heterocycles. The van der Waals surface area contributed by atoms with Crippen molar-refractivity contribution < 1.29 is 9.90 Å². The number of nitrogens with one attached hydrogen (secondary N) is 1. The SMILES string of the molecule is CC(=O)NCCn1cc(C(C)(C)O)nn1. The Labute approximate surface area is 88.3 Å². The van der Waals surface area contributed by atoms with Gasteiger partial charge in [0.2, 0.25) is 5.91 Å². The molecule has 0 aliphatic rings. The average Bonchev–Trinajstić information content (AvgIpc) is 2.51.